The predicted octanol–water partition coefficient (Wildman–Crippen LogP) is 0.636. The Bertz CT molecular complexity index is 32.5. The Morgan fingerprint density at radius 1 is 1.75 bits per heavy atom. The van der Waals surface area contributed by atoms with E-state index in [1.807, 2.05) is 0 Å². The van der Waals surface area contributed by atoms with E-state index >= 15 is 0 Å². The first-order valence-electron chi connectivity index (χ1n) is 1.38. The zero-order valence-electron chi connectivity index (χ0n) is 2.36. The first kappa shape index (κ1) is 2.52. The standard InChI is InChI=1S/C3H4Ge/c1-2-4-3-1/h1-2H,3H2. The molecule has 1 aliphatic heterocycles. The molecular weight excluding hydrogens is 109 g/mol. The monoisotopic (exact) mass is 114 g/mol. The molecule has 1 heterocycles. The second-order valence-electron chi connectivity index (χ2n) is 0.811. The van der Waals surface area contributed by atoms with Crippen LogP contribution in [0.15, 0.2) is 11.0 Å². The Morgan fingerprint density at radius 2 is 2.00 bits per heavy atom. The summed E-state index contributed by atoms with van der Waals surface area (Å²) in [5.41, 5.74) is 0. The average Bonchev–Trinajstić information content (AvgIpc) is 0.722. The van der Waals surface area contributed by atoms with E-state index in [9.17, 15) is 0 Å². The molecule has 0 aromatic rings. The third-order valence-electron chi connectivity index (χ3n) is 0.471. The molecule has 0 aromatic carbocycles. The molecule has 0 fully saturated rings. The molecule has 0 unspecified atom stereocenters. The molecule has 0 atom stereocenters. The van der Waals surface area contributed by atoms with Crippen LogP contribution in [0, 0.1) is 0 Å². The predicted molar refractivity (Wildman–Crippen MR) is 19.7 cm³/mol. The SMILES string of the molecule is C1=[CH][Ge][CH2]1. The van der Waals surface area contributed by atoms with Crippen molar-refractivity contribution in [2.75, 3.05) is 0 Å². The van der Waals surface area contributed by atoms with Gasteiger partial charge in [-0.2, -0.15) is 0 Å². The van der Waals surface area contributed by atoms with Crippen molar-refractivity contribution in [3.63, 3.8) is 0 Å². The molecular formula is C3H4Ge. The molecule has 0 amide bonds. The van der Waals surface area contributed by atoms with Crippen LogP contribution in [0.4, 0.5) is 0 Å². The molecule has 0 nitrogen and oxygen atoms in total. The van der Waals surface area contributed by atoms with Crippen LogP contribution in [-0.4, -0.2) is 15.4 Å². The molecule has 20 valence electrons. The molecule has 2 radical (unpaired) electrons. The van der Waals surface area contributed by atoms with E-state index in [1.54, 1.807) is 0 Å². The van der Waals surface area contributed by atoms with Crippen molar-refractivity contribution in [3.05, 3.63) is 11.0 Å². The molecule has 0 N–H and O–H groups in total. The minimum atomic E-state index is 0.514. The minimum absolute atomic E-state index is 0.514. The summed E-state index contributed by atoms with van der Waals surface area (Å²) in [6.07, 6.45) is 2.24. The fraction of sp³-hybridized carbons (Fsp3) is 0.333. The Hall–Kier alpha value is 0.283. The third-order valence-corrected chi connectivity index (χ3v) is 2.45. The average molecular weight is 113 g/mol. The Morgan fingerprint density at radius 3 is 2.00 bits per heavy atom. The van der Waals surface area contributed by atoms with Crippen LogP contribution in [-0.2, 0) is 0 Å². The zero-order valence-corrected chi connectivity index (χ0v) is 4.46. The van der Waals surface area contributed by atoms with Crippen molar-refractivity contribution in [3.8, 4) is 0 Å². The van der Waals surface area contributed by atoms with E-state index in [0.717, 1.165) is 0 Å². The summed E-state index contributed by atoms with van der Waals surface area (Å²) in [7, 11) is 0. The number of hydrogen-bond acceptors (Lipinski definition) is 0. The second-order valence-corrected chi connectivity index (χ2v) is 3.22. The molecule has 0 saturated carbocycles. The van der Waals surface area contributed by atoms with Gasteiger partial charge in [-0.25, -0.2) is 0 Å². The molecule has 0 aromatic heterocycles. The van der Waals surface area contributed by atoms with Gasteiger partial charge in [0.2, 0.25) is 0 Å². The first-order chi connectivity index (χ1) is 2.00. The van der Waals surface area contributed by atoms with Gasteiger partial charge in [0.1, 0.15) is 0 Å². The summed E-state index contributed by atoms with van der Waals surface area (Å²) >= 11 is 0.514. The number of hydrogen-bond donors (Lipinski definition) is 0. The molecule has 0 saturated heterocycles. The van der Waals surface area contributed by atoms with Crippen molar-refractivity contribution < 1.29 is 0 Å². The Kier molecular flexibility index (Phi) is 0.587. The van der Waals surface area contributed by atoms with Crippen LogP contribution in [0.2, 0.25) is 5.25 Å². The van der Waals surface area contributed by atoms with Gasteiger partial charge in [0, 0.05) is 0 Å². The molecule has 0 spiro atoms. The van der Waals surface area contributed by atoms with Crippen LogP contribution in [0.5, 0.6) is 0 Å². The van der Waals surface area contributed by atoms with Crippen LogP contribution in [0.25, 0.3) is 0 Å². The molecule has 0 bridgehead atoms. The van der Waals surface area contributed by atoms with Gasteiger partial charge in [-0.3, -0.25) is 0 Å². The maximum atomic E-state index is 2.31. The van der Waals surface area contributed by atoms with E-state index in [2.05, 4.69) is 11.0 Å². The molecule has 1 aliphatic rings. The molecule has 1 rings (SSSR count). The first-order valence-corrected chi connectivity index (χ1v) is 4.08. The molecule has 0 aliphatic carbocycles. The van der Waals surface area contributed by atoms with Crippen molar-refractivity contribution in [1.29, 1.82) is 0 Å². The van der Waals surface area contributed by atoms with E-state index < -0.39 is 0 Å². The zero-order chi connectivity index (χ0) is 2.83. The third kappa shape index (κ3) is 0.205. The Labute approximate surface area is 32.4 Å². The van der Waals surface area contributed by atoms with Gasteiger partial charge in [0.05, 0.1) is 0 Å². The fourth-order valence-electron chi connectivity index (χ4n) is 0.118. The molecule has 1 heteroatoms. The number of allylic oxidation sites excluding steroid dienone is 1. The summed E-state index contributed by atoms with van der Waals surface area (Å²) in [5.74, 6) is 0. The quantitative estimate of drug-likeness (QED) is 0.404. The van der Waals surface area contributed by atoms with Crippen LogP contribution < -0.4 is 0 Å². The topological polar surface area (TPSA) is 0 Å². The van der Waals surface area contributed by atoms with E-state index in [4.69, 9.17) is 0 Å². The summed E-state index contributed by atoms with van der Waals surface area (Å²) in [6, 6.07) is 0. The maximum absolute atomic E-state index is 2.31. The van der Waals surface area contributed by atoms with Gasteiger partial charge in [0.15, 0.2) is 0 Å². The normalized spacial score (nSPS) is 20.0. The molecule has 4 heavy (non-hydrogen) atoms. The van der Waals surface area contributed by atoms with Gasteiger partial charge in [-0.15, -0.1) is 0 Å². The van der Waals surface area contributed by atoms with Gasteiger partial charge < -0.3 is 0 Å². The summed E-state index contributed by atoms with van der Waals surface area (Å²) in [4.78, 5) is 2.31. The van der Waals surface area contributed by atoms with E-state index in [1.165, 1.54) is 5.25 Å². The van der Waals surface area contributed by atoms with Gasteiger partial charge >= 0.3 is 31.7 Å². The van der Waals surface area contributed by atoms with Gasteiger partial charge in [0.25, 0.3) is 0 Å². The van der Waals surface area contributed by atoms with Crippen LogP contribution in [0.1, 0.15) is 0 Å². The van der Waals surface area contributed by atoms with Crippen molar-refractivity contribution in [2.45, 2.75) is 5.25 Å². The van der Waals surface area contributed by atoms with Crippen LogP contribution in [0.3, 0.4) is 0 Å². The Balaban J connectivity index is 2.47. The van der Waals surface area contributed by atoms with Gasteiger partial charge in [-0.05, 0) is 0 Å². The van der Waals surface area contributed by atoms with Crippen molar-refractivity contribution in [2.24, 2.45) is 0 Å². The fourth-order valence-corrected chi connectivity index (χ4v) is 0.612. The van der Waals surface area contributed by atoms with E-state index in [-0.39, 0.29) is 0 Å². The van der Waals surface area contributed by atoms with Gasteiger partial charge in [-0.1, -0.05) is 0 Å². The second kappa shape index (κ2) is 0.933. The van der Waals surface area contributed by atoms with Crippen molar-refractivity contribution in [1.82, 2.24) is 0 Å². The van der Waals surface area contributed by atoms with Crippen LogP contribution >= 0.6 is 0 Å². The van der Waals surface area contributed by atoms with Crippen molar-refractivity contribution >= 4 is 15.4 Å². The summed E-state index contributed by atoms with van der Waals surface area (Å²) in [6.45, 7) is 0. The summed E-state index contributed by atoms with van der Waals surface area (Å²) < 4.78 is 0. The summed E-state index contributed by atoms with van der Waals surface area (Å²) in [5, 5.41) is 1.44. The number of rotatable bonds is 0. The van der Waals surface area contributed by atoms with E-state index in [0.29, 0.717) is 15.4 Å².